The highest BCUT2D eigenvalue weighted by Crippen LogP contribution is 2.43. The Morgan fingerprint density at radius 3 is 2.95 bits per heavy atom. The highest BCUT2D eigenvalue weighted by molar-refractivity contribution is 5.80. The van der Waals surface area contributed by atoms with Crippen LogP contribution >= 0.6 is 0 Å². The number of nitrogens with zero attached hydrogens (tertiary/aromatic N) is 1. The van der Waals surface area contributed by atoms with E-state index in [-0.39, 0.29) is 11.8 Å². The number of pyridine rings is 1. The molecule has 3 atom stereocenters. The Morgan fingerprint density at radius 1 is 1.27 bits per heavy atom. The summed E-state index contributed by atoms with van der Waals surface area (Å²) in [4.78, 5) is 16.8. The number of hydrogen-bond acceptors (Lipinski definition) is 3. The molecule has 0 saturated heterocycles. The second-order valence-electron chi connectivity index (χ2n) is 6.09. The summed E-state index contributed by atoms with van der Waals surface area (Å²) in [6.45, 7) is 0.486. The van der Waals surface area contributed by atoms with Gasteiger partial charge in [0.05, 0.1) is 6.26 Å². The predicted octanol–water partition coefficient (Wildman–Crippen LogP) is 3.17. The molecular formula is C18H18N2O2. The van der Waals surface area contributed by atoms with Crippen molar-refractivity contribution in [1.82, 2.24) is 10.3 Å². The molecule has 0 spiro atoms. The van der Waals surface area contributed by atoms with Crippen molar-refractivity contribution in [3.63, 3.8) is 0 Å². The topological polar surface area (TPSA) is 55.1 Å². The first-order valence-corrected chi connectivity index (χ1v) is 7.75. The number of amides is 1. The van der Waals surface area contributed by atoms with Crippen LogP contribution in [0.25, 0.3) is 11.5 Å². The number of aromatic nitrogens is 1. The zero-order valence-corrected chi connectivity index (χ0v) is 12.2. The number of allylic oxidation sites excluding steroid dienone is 2. The summed E-state index contributed by atoms with van der Waals surface area (Å²) in [6.07, 6.45) is 9.97. The van der Waals surface area contributed by atoms with Gasteiger partial charge in [-0.05, 0) is 42.9 Å². The first-order valence-electron chi connectivity index (χ1n) is 7.75. The summed E-state index contributed by atoms with van der Waals surface area (Å²) in [7, 11) is 0. The van der Waals surface area contributed by atoms with E-state index in [1.807, 2.05) is 24.3 Å². The van der Waals surface area contributed by atoms with Crippen molar-refractivity contribution in [1.29, 1.82) is 0 Å². The molecule has 22 heavy (non-hydrogen) atoms. The van der Waals surface area contributed by atoms with Gasteiger partial charge in [0.15, 0.2) is 5.76 Å². The summed E-state index contributed by atoms with van der Waals surface area (Å²) < 4.78 is 5.42. The maximum Gasteiger partial charge on any atom is 0.223 e. The van der Waals surface area contributed by atoms with Gasteiger partial charge >= 0.3 is 0 Å². The minimum atomic E-state index is 0.138. The molecule has 4 heteroatoms. The molecular weight excluding hydrogens is 276 g/mol. The molecule has 0 aromatic carbocycles. The van der Waals surface area contributed by atoms with E-state index in [1.165, 1.54) is 0 Å². The van der Waals surface area contributed by atoms with Crippen molar-refractivity contribution in [2.75, 3.05) is 0 Å². The molecule has 1 saturated carbocycles. The third-order valence-corrected chi connectivity index (χ3v) is 4.71. The number of furan rings is 1. The molecule has 3 unspecified atom stereocenters. The summed E-state index contributed by atoms with van der Waals surface area (Å²) in [5.74, 6) is 2.07. The van der Waals surface area contributed by atoms with Crippen LogP contribution in [0.5, 0.6) is 0 Å². The largest absolute Gasteiger partial charge is 0.463 e. The van der Waals surface area contributed by atoms with E-state index in [1.54, 1.807) is 12.5 Å². The van der Waals surface area contributed by atoms with E-state index in [4.69, 9.17) is 4.42 Å². The van der Waals surface area contributed by atoms with Crippen LogP contribution in [0.1, 0.15) is 18.4 Å². The Hall–Kier alpha value is -2.36. The molecule has 0 aliphatic heterocycles. The second kappa shape index (κ2) is 5.44. The van der Waals surface area contributed by atoms with Crippen LogP contribution in [0, 0.1) is 17.8 Å². The van der Waals surface area contributed by atoms with Crippen molar-refractivity contribution in [3.05, 3.63) is 54.4 Å². The lowest BCUT2D eigenvalue weighted by Gasteiger charge is -2.18. The molecule has 1 fully saturated rings. The third-order valence-electron chi connectivity index (χ3n) is 4.71. The highest BCUT2D eigenvalue weighted by Gasteiger charge is 2.39. The fourth-order valence-corrected chi connectivity index (χ4v) is 3.61. The Morgan fingerprint density at radius 2 is 2.23 bits per heavy atom. The lowest BCUT2D eigenvalue weighted by molar-refractivity contribution is -0.125. The lowest BCUT2D eigenvalue weighted by atomic mass is 9.93. The van der Waals surface area contributed by atoms with Crippen LogP contribution in [-0.4, -0.2) is 10.9 Å². The van der Waals surface area contributed by atoms with Crippen LogP contribution in [0.3, 0.4) is 0 Å². The average Bonchev–Trinajstić information content (AvgIpc) is 3.29. The fourth-order valence-electron chi connectivity index (χ4n) is 3.61. The van der Waals surface area contributed by atoms with Gasteiger partial charge in [-0.1, -0.05) is 18.2 Å². The van der Waals surface area contributed by atoms with Crippen molar-refractivity contribution in [2.45, 2.75) is 19.4 Å². The maximum absolute atomic E-state index is 12.4. The standard InChI is InChI=1S/C18H18N2O2/c21-18(15-10-12-5-6-13(15)9-12)20-11-14-3-1-7-19-17(14)16-4-2-8-22-16/h1-8,12-13,15H,9-11H2,(H,20,21). The molecule has 2 aliphatic carbocycles. The van der Waals surface area contributed by atoms with Gasteiger partial charge in [-0.25, -0.2) is 0 Å². The van der Waals surface area contributed by atoms with Crippen molar-refractivity contribution in [3.8, 4) is 11.5 Å². The van der Waals surface area contributed by atoms with E-state index in [0.29, 0.717) is 18.4 Å². The van der Waals surface area contributed by atoms with Gasteiger partial charge in [-0.3, -0.25) is 9.78 Å². The first kappa shape index (κ1) is 13.3. The number of nitrogens with one attached hydrogen (secondary N) is 1. The number of carbonyl (C=O) groups is 1. The van der Waals surface area contributed by atoms with Gasteiger partial charge in [0.2, 0.25) is 5.91 Å². The molecule has 1 N–H and O–H groups in total. The van der Waals surface area contributed by atoms with E-state index < -0.39 is 0 Å². The summed E-state index contributed by atoms with van der Waals surface area (Å²) in [5.41, 5.74) is 1.77. The zero-order chi connectivity index (χ0) is 14.9. The molecule has 2 bridgehead atoms. The van der Waals surface area contributed by atoms with E-state index in [9.17, 15) is 4.79 Å². The summed E-state index contributed by atoms with van der Waals surface area (Å²) in [6, 6.07) is 7.59. The Kier molecular flexibility index (Phi) is 3.29. The lowest BCUT2D eigenvalue weighted by Crippen LogP contribution is -2.32. The van der Waals surface area contributed by atoms with E-state index in [2.05, 4.69) is 22.5 Å². The van der Waals surface area contributed by atoms with Crippen LogP contribution in [0.4, 0.5) is 0 Å². The number of hydrogen-bond donors (Lipinski definition) is 1. The molecule has 2 heterocycles. The quantitative estimate of drug-likeness (QED) is 0.881. The van der Waals surface area contributed by atoms with Gasteiger partial charge in [0.1, 0.15) is 5.69 Å². The zero-order valence-electron chi connectivity index (χ0n) is 12.2. The van der Waals surface area contributed by atoms with Gasteiger partial charge in [-0.2, -0.15) is 0 Å². The molecule has 4 rings (SSSR count). The second-order valence-corrected chi connectivity index (χ2v) is 6.09. The molecule has 1 amide bonds. The molecule has 112 valence electrons. The molecule has 0 radical (unpaired) electrons. The molecule has 2 aromatic rings. The molecule has 2 aromatic heterocycles. The first-order chi connectivity index (χ1) is 10.8. The fraction of sp³-hybridized carbons (Fsp3) is 0.333. The maximum atomic E-state index is 12.4. The van der Waals surface area contributed by atoms with Crippen molar-refractivity contribution >= 4 is 5.91 Å². The summed E-state index contributed by atoms with van der Waals surface area (Å²) in [5, 5.41) is 3.07. The minimum absolute atomic E-state index is 0.138. The summed E-state index contributed by atoms with van der Waals surface area (Å²) >= 11 is 0. The highest BCUT2D eigenvalue weighted by atomic mass is 16.3. The third kappa shape index (κ3) is 2.34. The van der Waals surface area contributed by atoms with E-state index in [0.717, 1.165) is 29.9 Å². The van der Waals surface area contributed by atoms with Crippen LogP contribution in [0.15, 0.2) is 53.3 Å². The van der Waals surface area contributed by atoms with Crippen molar-refractivity contribution in [2.24, 2.45) is 17.8 Å². The van der Waals surface area contributed by atoms with Crippen LogP contribution in [0.2, 0.25) is 0 Å². The average molecular weight is 294 g/mol. The Bertz CT molecular complexity index is 706. The minimum Gasteiger partial charge on any atom is -0.463 e. The van der Waals surface area contributed by atoms with Crippen LogP contribution in [-0.2, 0) is 11.3 Å². The number of rotatable bonds is 4. The molecule has 2 aliphatic rings. The molecule has 4 nitrogen and oxygen atoms in total. The van der Waals surface area contributed by atoms with Gasteiger partial charge in [0.25, 0.3) is 0 Å². The number of carbonyl (C=O) groups excluding carboxylic acids is 1. The van der Waals surface area contributed by atoms with Gasteiger partial charge in [-0.15, -0.1) is 0 Å². The monoisotopic (exact) mass is 294 g/mol. The van der Waals surface area contributed by atoms with Crippen molar-refractivity contribution < 1.29 is 9.21 Å². The SMILES string of the molecule is O=C(NCc1cccnc1-c1ccco1)C1CC2C=CC1C2. The Balaban J connectivity index is 1.46. The predicted molar refractivity (Wildman–Crippen MR) is 82.6 cm³/mol. The van der Waals surface area contributed by atoms with E-state index >= 15 is 0 Å². The van der Waals surface area contributed by atoms with Crippen LogP contribution < -0.4 is 5.32 Å². The van der Waals surface area contributed by atoms with Gasteiger partial charge in [0, 0.05) is 24.2 Å². The Labute approximate surface area is 129 Å². The smallest absolute Gasteiger partial charge is 0.223 e. The normalized spacial score (nSPS) is 25.5. The van der Waals surface area contributed by atoms with Gasteiger partial charge < -0.3 is 9.73 Å². The number of fused-ring (bicyclic) bond motifs is 2.